The molecule has 2 aliphatic heterocycles. The highest BCUT2D eigenvalue weighted by atomic mass is 32.2. The summed E-state index contributed by atoms with van der Waals surface area (Å²) in [5, 5.41) is 16.5. The van der Waals surface area contributed by atoms with Crippen LogP contribution in [-0.2, 0) is 4.79 Å². The second-order valence-electron chi connectivity index (χ2n) is 8.74. The zero-order chi connectivity index (χ0) is 22.4. The van der Waals surface area contributed by atoms with E-state index in [4.69, 9.17) is 10.5 Å². The van der Waals surface area contributed by atoms with Gasteiger partial charge < -0.3 is 4.57 Å². The second-order valence-corrected chi connectivity index (χ2v) is 9.73. The maximum absolute atomic E-state index is 12.9. The molecule has 1 amide bonds. The number of aromatic nitrogens is 1. The van der Waals surface area contributed by atoms with E-state index in [1.807, 2.05) is 19.1 Å². The fraction of sp³-hybridized carbons (Fsp3) is 0.360. The number of amides is 1. The van der Waals surface area contributed by atoms with E-state index in [1.165, 1.54) is 36.6 Å². The zero-order valence-corrected chi connectivity index (χ0v) is 19.5. The molecular weight excluding hydrogens is 418 g/mol. The molecule has 1 fully saturated rings. The maximum Gasteiger partial charge on any atom is 0.283 e. The lowest BCUT2D eigenvalue weighted by Crippen LogP contribution is -2.35. The van der Waals surface area contributed by atoms with E-state index in [1.54, 1.807) is 11.1 Å². The Morgan fingerprint density at radius 3 is 2.62 bits per heavy atom. The van der Waals surface area contributed by atoms with Crippen LogP contribution in [-0.4, -0.2) is 31.5 Å². The number of hydrazone groups is 1. The molecule has 1 saturated carbocycles. The fourth-order valence-corrected chi connectivity index (χ4v) is 5.85. The van der Waals surface area contributed by atoms with Crippen molar-refractivity contribution in [2.75, 3.05) is 0 Å². The lowest BCUT2D eigenvalue weighted by molar-refractivity contribution is -0.114. The largest absolute Gasteiger partial charge is 0.318 e. The Morgan fingerprint density at radius 1 is 1.12 bits per heavy atom. The summed E-state index contributed by atoms with van der Waals surface area (Å²) in [7, 11) is 0. The number of carbonyl (C=O) groups is 1. The molecule has 0 atom stereocenters. The maximum atomic E-state index is 12.9. The molecule has 1 aromatic heterocycles. The van der Waals surface area contributed by atoms with Crippen molar-refractivity contribution in [1.29, 1.82) is 5.41 Å². The molecule has 2 aromatic rings. The molecule has 1 N–H and O–H groups in total. The number of aryl methyl sites for hydroxylation is 2. The number of benzene rings is 1. The van der Waals surface area contributed by atoms with Crippen LogP contribution in [0.5, 0.6) is 0 Å². The predicted octanol–water partition coefficient (Wildman–Crippen LogP) is 5.60. The molecular formula is C25H27N5OS. The Morgan fingerprint density at radius 2 is 1.88 bits per heavy atom. The Balaban J connectivity index is 1.49. The summed E-state index contributed by atoms with van der Waals surface area (Å²) in [6.07, 6.45) is 7.76. The van der Waals surface area contributed by atoms with Gasteiger partial charge in [0.05, 0.1) is 5.57 Å². The molecule has 0 saturated heterocycles. The van der Waals surface area contributed by atoms with Crippen molar-refractivity contribution >= 4 is 39.8 Å². The molecule has 164 valence electrons. The monoisotopic (exact) mass is 445 g/mol. The van der Waals surface area contributed by atoms with Gasteiger partial charge in [0.15, 0.2) is 5.84 Å². The van der Waals surface area contributed by atoms with Crippen LogP contribution < -0.4 is 0 Å². The second kappa shape index (κ2) is 8.20. The van der Waals surface area contributed by atoms with Gasteiger partial charge in [-0.25, -0.2) is 0 Å². The molecule has 7 heteroatoms. The Bertz CT molecular complexity index is 1210. The van der Waals surface area contributed by atoms with Crippen molar-refractivity contribution < 1.29 is 4.79 Å². The van der Waals surface area contributed by atoms with Crippen molar-refractivity contribution in [3.8, 4) is 5.69 Å². The summed E-state index contributed by atoms with van der Waals surface area (Å²) in [6, 6.07) is 10.3. The molecule has 3 aliphatic rings. The van der Waals surface area contributed by atoms with Crippen molar-refractivity contribution in [3.63, 3.8) is 0 Å². The normalized spacial score (nSPS) is 20.6. The SMILES string of the molecule is Cc1ccccc1-n1c(C)cc(C=C2C(=N)N3N=C(C4CCCCC4)SC3=NC2=O)c1C. The van der Waals surface area contributed by atoms with E-state index in [-0.39, 0.29) is 17.3 Å². The van der Waals surface area contributed by atoms with E-state index < -0.39 is 0 Å². The molecule has 1 aliphatic carbocycles. The minimum Gasteiger partial charge on any atom is -0.318 e. The fourth-order valence-electron chi connectivity index (χ4n) is 4.80. The van der Waals surface area contributed by atoms with Crippen LogP contribution in [0.2, 0.25) is 0 Å². The van der Waals surface area contributed by atoms with Gasteiger partial charge in [0.25, 0.3) is 5.91 Å². The summed E-state index contributed by atoms with van der Waals surface area (Å²) >= 11 is 1.46. The van der Waals surface area contributed by atoms with E-state index in [0.717, 1.165) is 40.5 Å². The average Bonchev–Trinajstić information content (AvgIpc) is 3.33. The third kappa shape index (κ3) is 3.54. The lowest BCUT2D eigenvalue weighted by Gasteiger charge is -2.20. The number of rotatable bonds is 3. The van der Waals surface area contributed by atoms with Crippen molar-refractivity contribution in [2.45, 2.75) is 52.9 Å². The minimum atomic E-state index is -0.366. The Labute approximate surface area is 192 Å². The predicted molar refractivity (Wildman–Crippen MR) is 132 cm³/mol. The van der Waals surface area contributed by atoms with Crippen LogP contribution in [0.15, 0.2) is 46.0 Å². The highest BCUT2D eigenvalue weighted by molar-refractivity contribution is 8.27. The topological polar surface area (TPSA) is 73.8 Å². The quantitative estimate of drug-likeness (QED) is 0.625. The van der Waals surface area contributed by atoms with E-state index >= 15 is 0 Å². The molecule has 0 radical (unpaired) electrons. The number of fused-ring (bicyclic) bond motifs is 1. The first-order chi connectivity index (χ1) is 15.4. The number of carbonyl (C=O) groups excluding carboxylic acids is 1. The molecule has 0 spiro atoms. The van der Waals surface area contributed by atoms with Gasteiger partial charge in [-0.15, -0.1) is 0 Å². The number of hydrogen-bond acceptors (Lipinski definition) is 4. The first kappa shape index (κ1) is 20.9. The van der Waals surface area contributed by atoms with Gasteiger partial charge in [-0.1, -0.05) is 37.5 Å². The standard InChI is InChI=1S/C25H27N5OS/c1-15-9-7-8-12-21(15)29-16(2)13-19(17(29)3)14-20-22(26)30-25(27-23(20)31)32-24(28-30)18-10-5-4-6-11-18/h7-9,12-14,18,26H,4-6,10-11H2,1-3H3. The number of nitrogens with one attached hydrogen (secondary N) is 1. The number of nitrogens with zero attached hydrogens (tertiary/aromatic N) is 4. The number of para-hydroxylation sites is 1. The molecule has 3 heterocycles. The number of aliphatic imine (C=N–C) groups is 1. The van der Waals surface area contributed by atoms with Crippen LogP contribution in [0.1, 0.15) is 54.6 Å². The molecule has 1 aromatic carbocycles. The van der Waals surface area contributed by atoms with Gasteiger partial charge in [-0.2, -0.15) is 15.1 Å². The third-order valence-corrected chi connectivity index (χ3v) is 7.62. The van der Waals surface area contributed by atoms with Gasteiger partial charge in [0.2, 0.25) is 5.17 Å². The number of hydrogen-bond donors (Lipinski definition) is 1. The van der Waals surface area contributed by atoms with E-state index in [0.29, 0.717) is 11.1 Å². The highest BCUT2D eigenvalue weighted by Crippen LogP contribution is 2.36. The summed E-state index contributed by atoms with van der Waals surface area (Å²) in [4.78, 5) is 17.2. The van der Waals surface area contributed by atoms with E-state index in [9.17, 15) is 4.79 Å². The van der Waals surface area contributed by atoms with Crippen molar-refractivity contribution in [1.82, 2.24) is 9.58 Å². The van der Waals surface area contributed by atoms with Crippen molar-refractivity contribution in [3.05, 3.63) is 58.4 Å². The molecule has 0 bridgehead atoms. The summed E-state index contributed by atoms with van der Waals surface area (Å²) < 4.78 is 2.19. The first-order valence-electron chi connectivity index (χ1n) is 11.2. The van der Waals surface area contributed by atoms with Crippen LogP contribution in [0, 0.1) is 32.1 Å². The summed E-state index contributed by atoms with van der Waals surface area (Å²) in [6.45, 7) is 6.20. The Hall–Kier alpha value is -2.93. The van der Waals surface area contributed by atoms with Gasteiger partial charge in [-0.3, -0.25) is 10.2 Å². The van der Waals surface area contributed by atoms with Crippen LogP contribution >= 0.6 is 11.8 Å². The summed E-state index contributed by atoms with van der Waals surface area (Å²) in [5.41, 5.74) is 5.62. The average molecular weight is 446 g/mol. The smallest absolute Gasteiger partial charge is 0.283 e. The van der Waals surface area contributed by atoms with Gasteiger partial charge in [-0.05, 0) is 74.7 Å². The minimum absolute atomic E-state index is 0.110. The summed E-state index contributed by atoms with van der Waals surface area (Å²) in [5.74, 6) is 0.166. The van der Waals surface area contributed by atoms with Gasteiger partial charge >= 0.3 is 0 Å². The molecule has 0 unspecified atom stereocenters. The van der Waals surface area contributed by atoms with Gasteiger partial charge in [0, 0.05) is 23.0 Å². The van der Waals surface area contributed by atoms with Crippen LogP contribution in [0.4, 0.5) is 0 Å². The first-order valence-corrected chi connectivity index (χ1v) is 12.0. The van der Waals surface area contributed by atoms with E-state index in [2.05, 4.69) is 41.6 Å². The molecule has 6 nitrogen and oxygen atoms in total. The Kier molecular flexibility index (Phi) is 5.37. The molecule has 32 heavy (non-hydrogen) atoms. The number of amidine groups is 2. The number of thioether (sulfide) groups is 1. The highest BCUT2D eigenvalue weighted by Gasteiger charge is 2.38. The molecule has 5 rings (SSSR count). The third-order valence-electron chi connectivity index (χ3n) is 6.55. The van der Waals surface area contributed by atoms with Crippen molar-refractivity contribution in [2.24, 2.45) is 16.0 Å². The van der Waals surface area contributed by atoms with Gasteiger partial charge in [0.1, 0.15) is 5.04 Å². The zero-order valence-electron chi connectivity index (χ0n) is 18.7. The lowest BCUT2D eigenvalue weighted by atomic mass is 9.90. The van der Waals surface area contributed by atoms with Crippen LogP contribution in [0.25, 0.3) is 11.8 Å². The van der Waals surface area contributed by atoms with Crippen LogP contribution in [0.3, 0.4) is 0 Å².